The molecule has 1 atom stereocenters. The van der Waals surface area contributed by atoms with Crippen LogP contribution in [0.3, 0.4) is 0 Å². The van der Waals surface area contributed by atoms with Gasteiger partial charge in [-0.25, -0.2) is 0 Å². The number of hydrogen-bond donors (Lipinski definition) is 1. The molecular weight excluding hydrogens is 228 g/mol. The second-order valence-electron chi connectivity index (χ2n) is 4.11. The van der Waals surface area contributed by atoms with Gasteiger partial charge in [-0.2, -0.15) is 0 Å². The first-order valence-electron chi connectivity index (χ1n) is 6.00. The van der Waals surface area contributed by atoms with Gasteiger partial charge in [0.1, 0.15) is 0 Å². The van der Waals surface area contributed by atoms with Crippen LogP contribution in [0.2, 0.25) is 0 Å². The molecule has 2 nitrogen and oxygen atoms in total. The van der Waals surface area contributed by atoms with Crippen molar-refractivity contribution in [1.82, 2.24) is 10.3 Å². The summed E-state index contributed by atoms with van der Waals surface area (Å²) in [5.41, 5.74) is 2.61. The molecule has 17 heavy (non-hydrogen) atoms. The Morgan fingerprint density at radius 3 is 2.88 bits per heavy atom. The van der Waals surface area contributed by atoms with Crippen molar-refractivity contribution >= 4 is 11.3 Å². The Bertz CT molecular complexity index is 450. The van der Waals surface area contributed by atoms with Crippen LogP contribution in [0.5, 0.6) is 0 Å². The lowest BCUT2D eigenvalue weighted by atomic mass is 10.0. The van der Waals surface area contributed by atoms with Crippen molar-refractivity contribution in [3.63, 3.8) is 0 Å². The first-order chi connectivity index (χ1) is 8.33. The third-order valence-electron chi connectivity index (χ3n) is 2.83. The fraction of sp³-hybridized carbons (Fsp3) is 0.357. The molecule has 0 spiro atoms. The molecule has 1 unspecified atom stereocenters. The van der Waals surface area contributed by atoms with Gasteiger partial charge < -0.3 is 5.32 Å². The van der Waals surface area contributed by atoms with E-state index in [4.69, 9.17) is 0 Å². The van der Waals surface area contributed by atoms with Crippen molar-refractivity contribution in [2.24, 2.45) is 0 Å². The zero-order chi connectivity index (χ0) is 12.1. The average molecular weight is 246 g/mol. The third-order valence-corrected chi connectivity index (χ3v) is 3.69. The molecule has 2 aromatic heterocycles. The minimum absolute atomic E-state index is 0.273. The van der Waals surface area contributed by atoms with Gasteiger partial charge in [0.2, 0.25) is 0 Å². The lowest BCUT2D eigenvalue weighted by Crippen LogP contribution is -2.23. The average Bonchev–Trinajstić information content (AvgIpc) is 2.78. The quantitative estimate of drug-likeness (QED) is 0.873. The molecule has 0 aliphatic heterocycles. The number of nitrogens with one attached hydrogen (secondary N) is 1. The van der Waals surface area contributed by atoms with Gasteiger partial charge in [-0.05, 0) is 48.5 Å². The summed E-state index contributed by atoms with van der Waals surface area (Å²) >= 11 is 1.80. The molecule has 2 aromatic rings. The topological polar surface area (TPSA) is 24.9 Å². The van der Waals surface area contributed by atoms with E-state index in [-0.39, 0.29) is 6.04 Å². The van der Waals surface area contributed by atoms with Crippen LogP contribution in [0.25, 0.3) is 0 Å². The van der Waals surface area contributed by atoms with E-state index in [0.717, 1.165) is 13.0 Å². The predicted octanol–water partition coefficient (Wildman–Crippen LogP) is 3.54. The second-order valence-corrected chi connectivity index (χ2v) is 5.23. The van der Waals surface area contributed by atoms with Crippen molar-refractivity contribution in [2.75, 3.05) is 6.54 Å². The van der Waals surface area contributed by atoms with Gasteiger partial charge in [0.15, 0.2) is 0 Å². The molecule has 90 valence electrons. The first-order valence-corrected chi connectivity index (χ1v) is 6.88. The van der Waals surface area contributed by atoms with E-state index in [9.17, 15) is 0 Å². The van der Waals surface area contributed by atoms with E-state index in [2.05, 4.69) is 41.7 Å². The van der Waals surface area contributed by atoms with E-state index in [0.29, 0.717) is 0 Å². The highest BCUT2D eigenvalue weighted by Gasteiger charge is 2.15. The predicted molar refractivity (Wildman–Crippen MR) is 73.4 cm³/mol. The summed E-state index contributed by atoms with van der Waals surface area (Å²) in [6.07, 6.45) is 4.91. The molecule has 2 rings (SSSR count). The van der Waals surface area contributed by atoms with Gasteiger partial charge in [-0.15, -0.1) is 11.3 Å². The fourth-order valence-electron chi connectivity index (χ4n) is 1.94. The van der Waals surface area contributed by atoms with Gasteiger partial charge >= 0.3 is 0 Å². The SMILES string of the molecule is CCCNC(c1cccnc1)c1ccsc1C. The molecule has 0 saturated carbocycles. The maximum absolute atomic E-state index is 4.22. The van der Waals surface area contributed by atoms with Crippen LogP contribution < -0.4 is 5.32 Å². The van der Waals surface area contributed by atoms with Gasteiger partial charge in [0.05, 0.1) is 6.04 Å². The number of aromatic nitrogens is 1. The minimum Gasteiger partial charge on any atom is -0.306 e. The lowest BCUT2D eigenvalue weighted by molar-refractivity contribution is 0.596. The summed E-state index contributed by atoms with van der Waals surface area (Å²) in [5.74, 6) is 0. The molecule has 2 heterocycles. The molecule has 0 fully saturated rings. The summed E-state index contributed by atoms with van der Waals surface area (Å²) in [6, 6.07) is 6.62. The van der Waals surface area contributed by atoms with E-state index in [1.807, 2.05) is 18.5 Å². The highest BCUT2D eigenvalue weighted by Crippen LogP contribution is 2.27. The number of thiophene rings is 1. The largest absolute Gasteiger partial charge is 0.306 e. The Kier molecular flexibility index (Phi) is 4.29. The van der Waals surface area contributed by atoms with Crippen molar-refractivity contribution < 1.29 is 0 Å². The summed E-state index contributed by atoms with van der Waals surface area (Å²) in [7, 11) is 0. The highest BCUT2D eigenvalue weighted by atomic mass is 32.1. The molecule has 0 bridgehead atoms. The standard InChI is InChI=1S/C14H18N2S/c1-3-7-16-14(12-5-4-8-15-10-12)13-6-9-17-11(13)2/h4-6,8-10,14,16H,3,7H2,1-2H3. The van der Waals surface area contributed by atoms with Crippen molar-refractivity contribution in [1.29, 1.82) is 0 Å². The summed E-state index contributed by atoms with van der Waals surface area (Å²) in [5, 5.41) is 5.75. The van der Waals surface area contributed by atoms with Crippen LogP contribution in [0.4, 0.5) is 0 Å². The van der Waals surface area contributed by atoms with Gasteiger partial charge in [-0.3, -0.25) is 4.98 Å². The number of rotatable bonds is 5. The van der Waals surface area contributed by atoms with Crippen LogP contribution in [0.15, 0.2) is 36.0 Å². The zero-order valence-corrected chi connectivity index (χ0v) is 11.1. The lowest BCUT2D eigenvalue weighted by Gasteiger charge is -2.18. The van der Waals surface area contributed by atoms with E-state index < -0.39 is 0 Å². The van der Waals surface area contributed by atoms with E-state index in [1.54, 1.807) is 11.3 Å². The summed E-state index contributed by atoms with van der Waals surface area (Å²) in [4.78, 5) is 5.59. The van der Waals surface area contributed by atoms with E-state index >= 15 is 0 Å². The Balaban J connectivity index is 2.29. The molecule has 0 aromatic carbocycles. The third kappa shape index (κ3) is 2.93. The Morgan fingerprint density at radius 1 is 1.41 bits per heavy atom. The number of hydrogen-bond acceptors (Lipinski definition) is 3. The van der Waals surface area contributed by atoms with Crippen LogP contribution in [0.1, 0.15) is 35.4 Å². The van der Waals surface area contributed by atoms with Crippen LogP contribution in [-0.2, 0) is 0 Å². The smallest absolute Gasteiger partial charge is 0.0602 e. The maximum atomic E-state index is 4.22. The van der Waals surface area contributed by atoms with Crippen LogP contribution in [-0.4, -0.2) is 11.5 Å². The molecule has 0 radical (unpaired) electrons. The molecule has 3 heteroatoms. The molecule has 0 aliphatic rings. The maximum Gasteiger partial charge on any atom is 0.0602 e. The fourth-order valence-corrected chi connectivity index (χ4v) is 2.68. The molecule has 1 N–H and O–H groups in total. The highest BCUT2D eigenvalue weighted by molar-refractivity contribution is 7.10. The molecular formula is C14H18N2S. The Hall–Kier alpha value is -1.19. The van der Waals surface area contributed by atoms with Gasteiger partial charge in [0, 0.05) is 17.3 Å². The molecule has 0 amide bonds. The van der Waals surface area contributed by atoms with Crippen molar-refractivity contribution in [3.05, 3.63) is 52.0 Å². The van der Waals surface area contributed by atoms with Gasteiger partial charge in [-0.1, -0.05) is 13.0 Å². The number of nitrogens with zero attached hydrogens (tertiary/aromatic N) is 1. The first kappa shape index (κ1) is 12.3. The van der Waals surface area contributed by atoms with E-state index in [1.165, 1.54) is 16.0 Å². The second kappa shape index (κ2) is 5.94. The van der Waals surface area contributed by atoms with Crippen LogP contribution in [0, 0.1) is 6.92 Å². The normalized spacial score (nSPS) is 12.6. The van der Waals surface area contributed by atoms with Crippen LogP contribution >= 0.6 is 11.3 Å². The summed E-state index contributed by atoms with van der Waals surface area (Å²) < 4.78 is 0. The molecule has 0 aliphatic carbocycles. The number of pyridine rings is 1. The summed E-state index contributed by atoms with van der Waals surface area (Å²) in [6.45, 7) is 5.39. The monoisotopic (exact) mass is 246 g/mol. The molecule has 0 saturated heterocycles. The van der Waals surface area contributed by atoms with Crippen molar-refractivity contribution in [2.45, 2.75) is 26.3 Å². The zero-order valence-electron chi connectivity index (χ0n) is 10.3. The van der Waals surface area contributed by atoms with Gasteiger partial charge in [0.25, 0.3) is 0 Å². The Morgan fingerprint density at radius 2 is 2.29 bits per heavy atom. The number of aryl methyl sites for hydroxylation is 1. The minimum atomic E-state index is 0.273. The Labute approximate surface area is 107 Å². The van der Waals surface area contributed by atoms with Crippen molar-refractivity contribution in [3.8, 4) is 0 Å².